The Balaban J connectivity index is 1.72. The summed E-state index contributed by atoms with van der Waals surface area (Å²) in [6.45, 7) is 1.99. The second-order valence-electron chi connectivity index (χ2n) is 5.01. The molecule has 3 nitrogen and oxygen atoms in total. The van der Waals surface area contributed by atoms with Gasteiger partial charge >= 0.3 is 0 Å². The van der Waals surface area contributed by atoms with Crippen molar-refractivity contribution in [3.63, 3.8) is 0 Å². The minimum atomic E-state index is -0.0401. The standard InChI is InChI=1S/C18H16N2OS/c1-13(14-5-3-2-4-6-14)20-18(21)17-8-7-16(22-17)15-9-11-19-12-10-15/h2-13H,1H3,(H,20,21)/t13-/m0/s1. The first-order chi connectivity index (χ1) is 10.7. The molecule has 2 heterocycles. The van der Waals surface area contributed by atoms with Crippen LogP contribution in [0.4, 0.5) is 0 Å². The molecule has 0 aliphatic heterocycles. The van der Waals surface area contributed by atoms with Gasteiger partial charge in [-0.25, -0.2) is 0 Å². The molecule has 0 aliphatic carbocycles. The Morgan fingerprint density at radius 2 is 1.77 bits per heavy atom. The summed E-state index contributed by atoms with van der Waals surface area (Å²) in [5.41, 5.74) is 2.18. The highest BCUT2D eigenvalue weighted by Crippen LogP contribution is 2.27. The third-order valence-corrected chi connectivity index (χ3v) is 4.57. The molecule has 3 aromatic rings. The average Bonchev–Trinajstić information content (AvgIpc) is 3.06. The summed E-state index contributed by atoms with van der Waals surface area (Å²) in [5, 5.41) is 3.04. The lowest BCUT2D eigenvalue weighted by Gasteiger charge is -2.13. The van der Waals surface area contributed by atoms with Crippen LogP contribution in [0.3, 0.4) is 0 Å². The van der Waals surface area contributed by atoms with Gasteiger partial charge in [0, 0.05) is 17.3 Å². The number of hydrogen-bond donors (Lipinski definition) is 1. The molecule has 1 aromatic carbocycles. The van der Waals surface area contributed by atoms with Gasteiger partial charge in [-0.2, -0.15) is 0 Å². The molecule has 0 aliphatic rings. The molecule has 2 aromatic heterocycles. The average molecular weight is 308 g/mol. The lowest BCUT2D eigenvalue weighted by Crippen LogP contribution is -2.25. The summed E-state index contributed by atoms with van der Waals surface area (Å²) in [6, 6.07) is 17.7. The summed E-state index contributed by atoms with van der Waals surface area (Å²) < 4.78 is 0. The van der Waals surface area contributed by atoms with Crippen LogP contribution < -0.4 is 5.32 Å². The maximum absolute atomic E-state index is 12.4. The third kappa shape index (κ3) is 3.23. The topological polar surface area (TPSA) is 42.0 Å². The highest BCUT2D eigenvalue weighted by atomic mass is 32.1. The van der Waals surface area contributed by atoms with E-state index in [0.717, 1.165) is 20.9 Å². The number of aromatic nitrogens is 1. The van der Waals surface area contributed by atoms with Crippen molar-refractivity contribution in [2.24, 2.45) is 0 Å². The van der Waals surface area contributed by atoms with Crippen LogP contribution >= 0.6 is 11.3 Å². The number of pyridine rings is 1. The zero-order chi connectivity index (χ0) is 15.4. The number of nitrogens with one attached hydrogen (secondary N) is 1. The summed E-state index contributed by atoms with van der Waals surface area (Å²) in [6.07, 6.45) is 3.51. The monoisotopic (exact) mass is 308 g/mol. The quantitative estimate of drug-likeness (QED) is 0.780. The van der Waals surface area contributed by atoms with Crippen LogP contribution in [-0.4, -0.2) is 10.9 Å². The number of carbonyl (C=O) groups excluding carboxylic acids is 1. The van der Waals surface area contributed by atoms with Crippen molar-refractivity contribution in [2.45, 2.75) is 13.0 Å². The van der Waals surface area contributed by atoms with Gasteiger partial charge in [0.25, 0.3) is 5.91 Å². The summed E-state index contributed by atoms with van der Waals surface area (Å²) in [4.78, 5) is 18.2. The summed E-state index contributed by atoms with van der Waals surface area (Å²) in [5.74, 6) is -0.0401. The Hall–Kier alpha value is -2.46. The molecule has 110 valence electrons. The molecule has 1 N–H and O–H groups in total. The fourth-order valence-electron chi connectivity index (χ4n) is 2.22. The zero-order valence-electron chi connectivity index (χ0n) is 12.2. The number of amides is 1. The summed E-state index contributed by atoms with van der Waals surface area (Å²) >= 11 is 1.49. The first-order valence-electron chi connectivity index (χ1n) is 7.10. The van der Waals surface area contributed by atoms with Gasteiger partial charge in [-0.05, 0) is 42.3 Å². The number of thiophene rings is 1. The van der Waals surface area contributed by atoms with E-state index in [4.69, 9.17) is 0 Å². The lowest BCUT2D eigenvalue weighted by molar-refractivity contribution is 0.0944. The van der Waals surface area contributed by atoms with Crippen LogP contribution in [0, 0.1) is 0 Å². The Morgan fingerprint density at radius 1 is 1.05 bits per heavy atom. The zero-order valence-corrected chi connectivity index (χ0v) is 13.0. The van der Waals surface area contributed by atoms with E-state index in [1.165, 1.54) is 11.3 Å². The second-order valence-corrected chi connectivity index (χ2v) is 6.09. The molecule has 0 radical (unpaired) electrons. The van der Waals surface area contributed by atoms with Crippen LogP contribution in [-0.2, 0) is 0 Å². The van der Waals surface area contributed by atoms with Crippen LogP contribution in [0.2, 0.25) is 0 Å². The van der Waals surface area contributed by atoms with Gasteiger partial charge < -0.3 is 5.32 Å². The van der Waals surface area contributed by atoms with E-state index in [9.17, 15) is 4.79 Å². The van der Waals surface area contributed by atoms with Gasteiger partial charge in [0.15, 0.2) is 0 Å². The molecule has 0 saturated heterocycles. The van der Waals surface area contributed by atoms with E-state index in [-0.39, 0.29) is 11.9 Å². The fourth-order valence-corrected chi connectivity index (χ4v) is 3.14. The first kappa shape index (κ1) is 14.5. The molecule has 0 unspecified atom stereocenters. The predicted octanol–water partition coefficient (Wildman–Crippen LogP) is 4.30. The van der Waals surface area contributed by atoms with Crippen LogP contribution in [0.1, 0.15) is 28.2 Å². The van der Waals surface area contributed by atoms with Crippen LogP contribution in [0.25, 0.3) is 10.4 Å². The molecule has 1 atom stereocenters. The highest BCUT2D eigenvalue weighted by molar-refractivity contribution is 7.17. The lowest BCUT2D eigenvalue weighted by atomic mass is 10.1. The van der Waals surface area contributed by atoms with Crippen molar-refractivity contribution in [1.29, 1.82) is 0 Å². The Morgan fingerprint density at radius 3 is 2.50 bits per heavy atom. The molecule has 3 rings (SSSR count). The van der Waals surface area contributed by atoms with E-state index in [1.54, 1.807) is 12.4 Å². The molecule has 0 spiro atoms. The van der Waals surface area contributed by atoms with Gasteiger partial charge in [-0.15, -0.1) is 11.3 Å². The van der Waals surface area contributed by atoms with Gasteiger partial charge in [0.1, 0.15) is 0 Å². The number of benzene rings is 1. The van der Waals surface area contributed by atoms with Gasteiger partial charge in [-0.3, -0.25) is 9.78 Å². The van der Waals surface area contributed by atoms with Crippen molar-refractivity contribution in [3.8, 4) is 10.4 Å². The largest absolute Gasteiger partial charge is 0.345 e. The van der Waals surface area contributed by atoms with E-state index in [0.29, 0.717) is 0 Å². The van der Waals surface area contributed by atoms with Crippen molar-refractivity contribution in [1.82, 2.24) is 10.3 Å². The Labute approximate surface area is 133 Å². The molecule has 22 heavy (non-hydrogen) atoms. The molecule has 4 heteroatoms. The van der Waals surface area contributed by atoms with Crippen molar-refractivity contribution < 1.29 is 4.79 Å². The van der Waals surface area contributed by atoms with Gasteiger partial charge in [-0.1, -0.05) is 30.3 Å². The van der Waals surface area contributed by atoms with Crippen LogP contribution in [0.15, 0.2) is 67.0 Å². The normalized spacial score (nSPS) is 11.9. The fraction of sp³-hybridized carbons (Fsp3) is 0.111. The molecule has 1 amide bonds. The van der Waals surface area contributed by atoms with Crippen molar-refractivity contribution >= 4 is 17.2 Å². The Kier molecular flexibility index (Phi) is 4.30. The predicted molar refractivity (Wildman–Crippen MR) is 89.9 cm³/mol. The maximum atomic E-state index is 12.4. The highest BCUT2D eigenvalue weighted by Gasteiger charge is 2.13. The summed E-state index contributed by atoms with van der Waals surface area (Å²) in [7, 11) is 0. The number of hydrogen-bond acceptors (Lipinski definition) is 3. The number of rotatable bonds is 4. The van der Waals surface area contributed by atoms with Crippen molar-refractivity contribution in [3.05, 3.63) is 77.4 Å². The third-order valence-electron chi connectivity index (χ3n) is 3.44. The SMILES string of the molecule is C[C@H](NC(=O)c1ccc(-c2ccncc2)s1)c1ccccc1. The minimum absolute atomic E-state index is 0.0137. The molecule has 0 fully saturated rings. The molecule has 0 saturated carbocycles. The van der Waals surface area contributed by atoms with Crippen molar-refractivity contribution in [2.75, 3.05) is 0 Å². The maximum Gasteiger partial charge on any atom is 0.261 e. The molecular formula is C18H16N2OS. The van der Waals surface area contributed by atoms with Gasteiger partial charge in [0.05, 0.1) is 10.9 Å². The van der Waals surface area contributed by atoms with E-state index in [2.05, 4.69) is 10.3 Å². The number of carbonyl (C=O) groups is 1. The Bertz CT molecular complexity index is 753. The minimum Gasteiger partial charge on any atom is -0.345 e. The van der Waals surface area contributed by atoms with Crippen LogP contribution in [0.5, 0.6) is 0 Å². The number of nitrogens with zero attached hydrogens (tertiary/aromatic N) is 1. The molecule has 0 bridgehead atoms. The first-order valence-corrected chi connectivity index (χ1v) is 7.92. The van der Waals surface area contributed by atoms with E-state index < -0.39 is 0 Å². The van der Waals surface area contributed by atoms with E-state index >= 15 is 0 Å². The van der Waals surface area contributed by atoms with Gasteiger partial charge in [0.2, 0.25) is 0 Å². The molecular weight excluding hydrogens is 292 g/mol. The van der Waals surface area contributed by atoms with E-state index in [1.807, 2.05) is 61.5 Å². The smallest absolute Gasteiger partial charge is 0.261 e. The second kappa shape index (κ2) is 6.54.